The van der Waals surface area contributed by atoms with Gasteiger partial charge in [0.15, 0.2) is 5.96 Å². The minimum absolute atomic E-state index is 0.0516. The first kappa shape index (κ1) is 22.4. The van der Waals surface area contributed by atoms with Crippen molar-refractivity contribution in [3.63, 3.8) is 0 Å². The summed E-state index contributed by atoms with van der Waals surface area (Å²) in [5.74, 6) is 0.403. The number of rotatable bonds is 8. The number of guanidine groups is 1. The molecule has 0 heterocycles. The van der Waals surface area contributed by atoms with Gasteiger partial charge in [-0.3, -0.25) is 4.79 Å². The SMILES string of the molecule is CCNC(=NCc1cccc(NC(C)=O)c1)NCc1cc(Cl)ccc1OC(F)F. The molecule has 0 saturated heterocycles. The van der Waals surface area contributed by atoms with Crippen molar-refractivity contribution in [3.05, 3.63) is 58.6 Å². The van der Waals surface area contributed by atoms with E-state index in [-0.39, 0.29) is 18.2 Å². The third-order valence-corrected chi connectivity index (χ3v) is 3.93. The van der Waals surface area contributed by atoms with Gasteiger partial charge in [-0.1, -0.05) is 23.7 Å². The lowest BCUT2D eigenvalue weighted by Crippen LogP contribution is -2.36. The van der Waals surface area contributed by atoms with Crippen LogP contribution in [0.15, 0.2) is 47.5 Å². The summed E-state index contributed by atoms with van der Waals surface area (Å²) < 4.78 is 29.7. The molecule has 0 aliphatic rings. The lowest BCUT2D eigenvalue weighted by Gasteiger charge is -2.15. The molecular formula is C20H23ClF2N4O2. The Morgan fingerprint density at radius 3 is 2.69 bits per heavy atom. The molecule has 6 nitrogen and oxygen atoms in total. The smallest absolute Gasteiger partial charge is 0.387 e. The molecule has 0 spiro atoms. The normalized spacial score (nSPS) is 11.3. The van der Waals surface area contributed by atoms with Crippen LogP contribution in [0.25, 0.3) is 0 Å². The number of nitrogens with one attached hydrogen (secondary N) is 3. The first-order valence-electron chi connectivity index (χ1n) is 8.99. The minimum atomic E-state index is -2.92. The van der Waals surface area contributed by atoms with Gasteiger partial charge >= 0.3 is 6.61 Å². The number of ether oxygens (including phenoxy) is 1. The van der Waals surface area contributed by atoms with Gasteiger partial charge in [0, 0.05) is 36.3 Å². The molecule has 0 saturated carbocycles. The van der Waals surface area contributed by atoms with Crippen LogP contribution in [-0.2, 0) is 17.9 Å². The molecule has 2 aromatic carbocycles. The summed E-state index contributed by atoms with van der Waals surface area (Å²) >= 11 is 5.98. The molecule has 29 heavy (non-hydrogen) atoms. The van der Waals surface area contributed by atoms with Crippen LogP contribution in [0.4, 0.5) is 14.5 Å². The van der Waals surface area contributed by atoms with Gasteiger partial charge in [-0.2, -0.15) is 8.78 Å². The van der Waals surface area contributed by atoms with E-state index in [1.807, 2.05) is 25.1 Å². The van der Waals surface area contributed by atoms with Crippen molar-refractivity contribution in [2.45, 2.75) is 33.5 Å². The molecule has 156 valence electrons. The molecule has 3 N–H and O–H groups in total. The summed E-state index contributed by atoms with van der Waals surface area (Å²) in [6, 6.07) is 11.8. The van der Waals surface area contributed by atoms with Gasteiger partial charge in [-0.25, -0.2) is 4.99 Å². The Balaban J connectivity index is 2.09. The van der Waals surface area contributed by atoms with Crippen LogP contribution < -0.4 is 20.7 Å². The predicted octanol–water partition coefficient (Wildman–Crippen LogP) is 4.16. The second kappa shape index (κ2) is 11.2. The maximum Gasteiger partial charge on any atom is 0.387 e. The molecule has 0 radical (unpaired) electrons. The first-order chi connectivity index (χ1) is 13.9. The van der Waals surface area contributed by atoms with Crippen molar-refractivity contribution in [3.8, 4) is 5.75 Å². The average Bonchev–Trinajstić information content (AvgIpc) is 2.65. The van der Waals surface area contributed by atoms with Gasteiger partial charge in [0.2, 0.25) is 5.91 Å². The Bertz CT molecular complexity index is 862. The van der Waals surface area contributed by atoms with Crippen molar-refractivity contribution in [2.75, 3.05) is 11.9 Å². The number of amides is 1. The molecule has 0 bridgehead atoms. The highest BCUT2D eigenvalue weighted by Crippen LogP contribution is 2.24. The van der Waals surface area contributed by atoms with Gasteiger partial charge in [-0.05, 0) is 42.8 Å². The van der Waals surface area contributed by atoms with Crippen molar-refractivity contribution in [2.24, 2.45) is 4.99 Å². The van der Waals surface area contributed by atoms with E-state index in [0.717, 1.165) is 5.56 Å². The Hall–Kier alpha value is -2.87. The summed E-state index contributed by atoms with van der Waals surface area (Å²) in [5.41, 5.74) is 2.07. The lowest BCUT2D eigenvalue weighted by molar-refractivity contribution is -0.114. The van der Waals surface area contributed by atoms with Crippen LogP contribution in [0, 0.1) is 0 Å². The molecule has 2 rings (SSSR count). The number of aliphatic imine (C=N–C) groups is 1. The first-order valence-corrected chi connectivity index (χ1v) is 9.37. The highest BCUT2D eigenvalue weighted by molar-refractivity contribution is 6.30. The summed E-state index contributed by atoms with van der Waals surface area (Å²) in [6.07, 6.45) is 0. The number of carbonyl (C=O) groups excluding carboxylic acids is 1. The van der Waals surface area contributed by atoms with E-state index < -0.39 is 6.61 Å². The fraction of sp³-hybridized carbons (Fsp3) is 0.300. The summed E-state index contributed by atoms with van der Waals surface area (Å²) in [6.45, 7) is 1.61. The average molecular weight is 425 g/mol. The van der Waals surface area contributed by atoms with Crippen molar-refractivity contribution in [1.29, 1.82) is 0 Å². The molecule has 2 aromatic rings. The highest BCUT2D eigenvalue weighted by Gasteiger charge is 2.11. The van der Waals surface area contributed by atoms with Crippen LogP contribution in [0.5, 0.6) is 5.75 Å². The van der Waals surface area contributed by atoms with E-state index in [1.165, 1.54) is 19.1 Å². The third kappa shape index (κ3) is 7.95. The Morgan fingerprint density at radius 1 is 1.21 bits per heavy atom. The van der Waals surface area contributed by atoms with Gasteiger partial charge in [0.1, 0.15) is 5.75 Å². The Kier molecular flexibility index (Phi) is 8.67. The molecule has 0 aliphatic carbocycles. The Morgan fingerprint density at radius 2 is 2.00 bits per heavy atom. The summed E-state index contributed by atoms with van der Waals surface area (Å²) in [7, 11) is 0. The predicted molar refractivity (Wildman–Crippen MR) is 110 cm³/mol. The molecule has 0 aliphatic heterocycles. The molecule has 0 atom stereocenters. The van der Waals surface area contributed by atoms with Crippen molar-refractivity contribution >= 4 is 29.2 Å². The van der Waals surface area contributed by atoms with Gasteiger partial charge in [-0.15, -0.1) is 0 Å². The van der Waals surface area contributed by atoms with Gasteiger partial charge in [0.05, 0.1) is 6.54 Å². The van der Waals surface area contributed by atoms with Crippen LogP contribution >= 0.6 is 11.6 Å². The maximum atomic E-state index is 12.6. The standard InChI is InChI=1S/C20H23ClF2N4O2/c1-3-24-20(25-11-14-5-4-6-17(9-14)27-13(2)28)26-12-15-10-16(21)7-8-18(15)29-19(22)23/h4-10,19H,3,11-12H2,1-2H3,(H,27,28)(H2,24,25,26). The molecule has 0 fully saturated rings. The second-order valence-corrected chi connectivity index (χ2v) is 6.50. The van der Waals surface area contributed by atoms with Crippen molar-refractivity contribution < 1.29 is 18.3 Å². The lowest BCUT2D eigenvalue weighted by atomic mass is 10.2. The van der Waals surface area contributed by atoms with E-state index in [4.69, 9.17) is 11.6 Å². The number of hydrogen-bond acceptors (Lipinski definition) is 3. The fourth-order valence-electron chi connectivity index (χ4n) is 2.54. The van der Waals surface area contributed by atoms with Gasteiger partial charge < -0.3 is 20.7 Å². The zero-order valence-corrected chi connectivity index (χ0v) is 16.9. The maximum absolute atomic E-state index is 12.6. The molecule has 1 amide bonds. The minimum Gasteiger partial charge on any atom is -0.434 e. The Labute approximate surface area is 173 Å². The van der Waals surface area contributed by atoms with Crippen molar-refractivity contribution in [1.82, 2.24) is 10.6 Å². The number of anilines is 1. The van der Waals surface area contributed by atoms with E-state index >= 15 is 0 Å². The molecule has 0 aromatic heterocycles. The molecule has 9 heteroatoms. The second-order valence-electron chi connectivity index (χ2n) is 6.06. The molecule has 0 unspecified atom stereocenters. The van der Waals surface area contributed by atoms with E-state index in [2.05, 4.69) is 25.7 Å². The van der Waals surface area contributed by atoms with Crippen LogP contribution in [-0.4, -0.2) is 25.0 Å². The van der Waals surface area contributed by atoms with Crippen LogP contribution in [0.2, 0.25) is 5.02 Å². The number of benzene rings is 2. The summed E-state index contributed by atoms with van der Waals surface area (Å²) in [4.78, 5) is 15.7. The van der Waals surface area contributed by atoms with E-state index in [0.29, 0.717) is 35.3 Å². The zero-order chi connectivity index (χ0) is 21.2. The van der Waals surface area contributed by atoms with Crippen LogP contribution in [0.3, 0.4) is 0 Å². The van der Waals surface area contributed by atoms with Gasteiger partial charge in [0.25, 0.3) is 0 Å². The van der Waals surface area contributed by atoms with Crippen LogP contribution in [0.1, 0.15) is 25.0 Å². The number of halogens is 3. The largest absolute Gasteiger partial charge is 0.434 e. The van der Waals surface area contributed by atoms with E-state index in [1.54, 1.807) is 12.1 Å². The van der Waals surface area contributed by atoms with E-state index in [9.17, 15) is 13.6 Å². The fourth-order valence-corrected chi connectivity index (χ4v) is 2.73. The zero-order valence-electron chi connectivity index (χ0n) is 16.1. The monoisotopic (exact) mass is 424 g/mol. The highest BCUT2D eigenvalue weighted by atomic mass is 35.5. The quantitative estimate of drug-likeness (QED) is 0.439. The topological polar surface area (TPSA) is 74.8 Å². The number of nitrogens with zero attached hydrogens (tertiary/aromatic N) is 1. The number of carbonyl (C=O) groups is 1. The molecular weight excluding hydrogens is 402 g/mol. The number of alkyl halides is 2. The third-order valence-electron chi connectivity index (χ3n) is 3.70. The summed E-state index contributed by atoms with van der Waals surface area (Å²) in [5, 5.41) is 9.31. The number of hydrogen-bond donors (Lipinski definition) is 3.